The van der Waals surface area contributed by atoms with Gasteiger partial charge in [0, 0.05) is 24.6 Å². The third-order valence-electron chi connectivity index (χ3n) is 5.73. The highest BCUT2D eigenvalue weighted by atomic mass is 16.5. The molecule has 2 unspecified atom stereocenters. The molecule has 3 N–H and O–H groups in total. The highest BCUT2D eigenvalue weighted by molar-refractivity contribution is 5.74. The maximum atomic E-state index is 12.3. The molecule has 1 aliphatic carbocycles. The van der Waals surface area contributed by atoms with Crippen molar-refractivity contribution in [3.05, 3.63) is 0 Å². The summed E-state index contributed by atoms with van der Waals surface area (Å²) in [6.07, 6.45) is 7.40. The quantitative estimate of drug-likeness (QED) is 0.720. The van der Waals surface area contributed by atoms with Gasteiger partial charge in [0.05, 0.1) is 11.7 Å². The Balaban J connectivity index is 1.79. The van der Waals surface area contributed by atoms with E-state index in [1.165, 1.54) is 19.3 Å². The monoisotopic (exact) mass is 340 g/mol. The number of carbonyl (C=O) groups excluding carboxylic acids is 1. The molecule has 1 aliphatic heterocycles. The van der Waals surface area contributed by atoms with Crippen molar-refractivity contribution in [2.24, 2.45) is 11.3 Å². The van der Waals surface area contributed by atoms with Gasteiger partial charge in [-0.25, -0.2) is 4.79 Å². The Kier molecular flexibility index (Phi) is 6.54. The Morgan fingerprint density at radius 1 is 1.29 bits per heavy atom. The highest BCUT2D eigenvalue weighted by Crippen LogP contribution is 2.38. The van der Waals surface area contributed by atoms with E-state index < -0.39 is 6.10 Å². The van der Waals surface area contributed by atoms with E-state index in [9.17, 15) is 9.90 Å². The summed E-state index contributed by atoms with van der Waals surface area (Å²) in [6, 6.07) is 0.0619. The smallest absolute Gasteiger partial charge is 0.315 e. The molecule has 140 valence electrons. The number of hydrogen-bond donors (Lipinski definition) is 3. The number of amides is 2. The summed E-state index contributed by atoms with van der Waals surface area (Å²) in [6.45, 7) is 9.18. The molecule has 2 atom stereocenters. The fourth-order valence-corrected chi connectivity index (χ4v) is 4.25. The predicted octanol–water partition coefficient (Wildman–Crippen LogP) is 3.21. The molecule has 0 radical (unpaired) electrons. The molecule has 1 saturated carbocycles. The van der Waals surface area contributed by atoms with Crippen LogP contribution in [0.4, 0.5) is 4.79 Å². The highest BCUT2D eigenvalue weighted by Gasteiger charge is 2.39. The van der Waals surface area contributed by atoms with Crippen molar-refractivity contribution >= 4 is 6.03 Å². The molecule has 1 saturated heterocycles. The van der Waals surface area contributed by atoms with Gasteiger partial charge in [-0.05, 0) is 31.6 Å². The number of aliphatic hydroxyl groups is 1. The second-order valence-electron chi connectivity index (χ2n) is 8.79. The first-order chi connectivity index (χ1) is 11.2. The summed E-state index contributed by atoms with van der Waals surface area (Å²) < 4.78 is 6.09. The molecular weight excluding hydrogens is 304 g/mol. The molecular formula is C19H36N2O3. The zero-order valence-electron chi connectivity index (χ0n) is 15.9. The lowest BCUT2D eigenvalue weighted by Gasteiger charge is -2.43. The molecule has 0 aromatic rings. The normalized spacial score (nSPS) is 25.5. The molecule has 1 heterocycles. The van der Waals surface area contributed by atoms with Gasteiger partial charge in [-0.1, -0.05) is 47.0 Å². The summed E-state index contributed by atoms with van der Waals surface area (Å²) in [5.74, 6) is 0.173. The maximum Gasteiger partial charge on any atom is 0.315 e. The fourth-order valence-electron chi connectivity index (χ4n) is 4.25. The van der Waals surface area contributed by atoms with Crippen LogP contribution in [0.2, 0.25) is 0 Å². The SMILES string of the molecule is CC(C)C(O)C(C)(C)CNC(=O)NC1CCOC2(CCCCC2)C1. The zero-order valence-corrected chi connectivity index (χ0v) is 15.9. The van der Waals surface area contributed by atoms with Crippen molar-refractivity contribution in [2.45, 2.75) is 90.4 Å². The van der Waals surface area contributed by atoms with Crippen LogP contribution in [0.5, 0.6) is 0 Å². The summed E-state index contributed by atoms with van der Waals surface area (Å²) in [4.78, 5) is 12.3. The van der Waals surface area contributed by atoms with Gasteiger partial charge in [-0.3, -0.25) is 0 Å². The largest absolute Gasteiger partial charge is 0.392 e. The van der Waals surface area contributed by atoms with E-state index in [-0.39, 0.29) is 29.0 Å². The molecule has 2 aliphatic rings. The first-order valence-electron chi connectivity index (χ1n) is 9.60. The second kappa shape index (κ2) is 8.05. The number of urea groups is 1. The van der Waals surface area contributed by atoms with E-state index in [4.69, 9.17) is 4.74 Å². The molecule has 0 bridgehead atoms. The number of hydrogen-bond acceptors (Lipinski definition) is 3. The van der Waals surface area contributed by atoms with Crippen LogP contribution < -0.4 is 10.6 Å². The van der Waals surface area contributed by atoms with Gasteiger partial charge in [-0.2, -0.15) is 0 Å². The maximum absolute atomic E-state index is 12.3. The van der Waals surface area contributed by atoms with E-state index in [0.29, 0.717) is 6.54 Å². The Labute approximate surface area is 146 Å². The summed E-state index contributed by atoms with van der Waals surface area (Å²) in [5, 5.41) is 16.3. The lowest BCUT2D eigenvalue weighted by Crippen LogP contribution is -2.53. The van der Waals surface area contributed by atoms with E-state index in [0.717, 1.165) is 32.3 Å². The summed E-state index contributed by atoms with van der Waals surface area (Å²) in [5.41, 5.74) is -0.340. The van der Waals surface area contributed by atoms with Crippen molar-refractivity contribution in [3.63, 3.8) is 0 Å². The topological polar surface area (TPSA) is 70.6 Å². The van der Waals surface area contributed by atoms with Crippen molar-refractivity contribution in [1.82, 2.24) is 10.6 Å². The third-order valence-corrected chi connectivity index (χ3v) is 5.73. The lowest BCUT2D eigenvalue weighted by molar-refractivity contribution is -0.107. The molecule has 2 fully saturated rings. The minimum atomic E-state index is -0.439. The lowest BCUT2D eigenvalue weighted by atomic mass is 9.78. The number of rotatable bonds is 5. The van der Waals surface area contributed by atoms with E-state index in [1.807, 2.05) is 27.7 Å². The van der Waals surface area contributed by atoms with Gasteiger partial charge in [0.15, 0.2) is 0 Å². The van der Waals surface area contributed by atoms with E-state index in [1.54, 1.807) is 0 Å². The van der Waals surface area contributed by atoms with Crippen LogP contribution in [0.1, 0.15) is 72.6 Å². The number of ether oxygens (including phenoxy) is 1. The molecule has 1 spiro atoms. The Morgan fingerprint density at radius 3 is 2.58 bits per heavy atom. The minimum Gasteiger partial charge on any atom is -0.392 e. The van der Waals surface area contributed by atoms with E-state index in [2.05, 4.69) is 10.6 Å². The molecule has 5 nitrogen and oxygen atoms in total. The van der Waals surface area contributed by atoms with Crippen molar-refractivity contribution in [3.8, 4) is 0 Å². The van der Waals surface area contributed by atoms with Gasteiger partial charge in [0.1, 0.15) is 0 Å². The van der Waals surface area contributed by atoms with E-state index >= 15 is 0 Å². The number of carbonyl (C=O) groups is 1. The fraction of sp³-hybridized carbons (Fsp3) is 0.947. The molecule has 24 heavy (non-hydrogen) atoms. The summed E-state index contributed by atoms with van der Waals surface area (Å²) in [7, 11) is 0. The minimum absolute atomic E-state index is 0.00154. The number of nitrogens with one attached hydrogen (secondary N) is 2. The molecule has 2 amide bonds. The van der Waals surface area contributed by atoms with Gasteiger partial charge in [-0.15, -0.1) is 0 Å². The van der Waals surface area contributed by atoms with Gasteiger partial charge < -0.3 is 20.5 Å². The average Bonchev–Trinajstić information content (AvgIpc) is 2.53. The average molecular weight is 341 g/mol. The van der Waals surface area contributed by atoms with Crippen LogP contribution in [0, 0.1) is 11.3 Å². The summed E-state index contributed by atoms with van der Waals surface area (Å²) >= 11 is 0. The Morgan fingerprint density at radius 2 is 1.96 bits per heavy atom. The molecule has 0 aromatic heterocycles. The van der Waals surface area contributed by atoms with Crippen molar-refractivity contribution in [2.75, 3.05) is 13.2 Å². The first-order valence-corrected chi connectivity index (χ1v) is 9.60. The Hall–Kier alpha value is -0.810. The standard InChI is InChI=1S/C19H36N2O3/c1-14(2)16(22)18(3,4)13-20-17(23)21-15-8-11-24-19(12-15)9-6-5-7-10-19/h14-16,22H,5-13H2,1-4H3,(H2,20,21,23). The second-order valence-corrected chi connectivity index (χ2v) is 8.79. The molecule has 0 aromatic carbocycles. The van der Waals surface area contributed by atoms with Gasteiger partial charge in [0.25, 0.3) is 0 Å². The van der Waals surface area contributed by atoms with Crippen LogP contribution in [-0.2, 0) is 4.74 Å². The van der Waals surface area contributed by atoms with Gasteiger partial charge in [0.2, 0.25) is 0 Å². The Bertz CT molecular complexity index is 411. The van der Waals surface area contributed by atoms with Crippen LogP contribution in [0.25, 0.3) is 0 Å². The predicted molar refractivity (Wildman–Crippen MR) is 96.0 cm³/mol. The van der Waals surface area contributed by atoms with Crippen molar-refractivity contribution in [1.29, 1.82) is 0 Å². The number of aliphatic hydroxyl groups excluding tert-OH is 1. The van der Waals surface area contributed by atoms with Crippen LogP contribution in [-0.4, -0.2) is 42.0 Å². The van der Waals surface area contributed by atoms with Gasteiger partial charge >= 0.3 is 6.03 Å². The molecule has 2 rings (SSSR count). The molecule has 5 heteroatoms. The first kappa shape index (κ1) is 19.5. The van der Waals surface area contributed by atoms with Crippen LogP contribution >= 0.6 is 0 Å². The van der Waals surface area contributed by atoms with Crippen molar-refractivity contribution < 1.29 is 14.6 Å². The third kappa shape index (κ3) is 5.09. The zero-order chi connectivity index (χ0) is 17.8. The van der Waals surface area contributed by atoms with Crippen LogP contribution in [0.15, 0.2) is 0 Å². The van der Waals surface area contributed by atoms with Crippen LogP contribution in [0.3, 0.4) is 0 Å².